The monoisotopic (exact) mass is 372 g/mol. The van der Waals surface area contributed by atoms with Gasteiger partial charge in [-0.1, -0.05) is 30.7 Å². The summed E-state index contributed by atoms with van der Waals surface area (Å²) >= 11 is 5.92. The molecule has 138 valence electrons. The molecular formula is C20H25ClN4O. The van der Waals surface area contributed by atoms with E-state index in [-0.39, 0.29) is 11.9 Å². The van der Waals surface area contributed by atoms with Crippen molar-refractivity contribution in [3.63, 3.8) is 0 Å². The Bertz CT molecular complexity index is 770. The predicted molar refractivity (Wildman–Crippen MR) is 105 cm³/mol. The summed E-state index contributed by atoms with van der Waals surface area (Å²) in [7, 11) is 0. The van der Waals surface area contributed by atoms with Gasteiger partial charge in [-0.15, -0.1) is 0 Å². The van der Waals surface area contributed by atoms with Gasteiger partial charge in [-0.25, -0.2) is 9.97 Å². The van der Waals surface area contributed by atoms with Crippen LogP contribution < -0.4 is 10.2 Å². The number of benzene rings is 1. The van der Waals surface area contributed by atoms with Crippen LogP contribution in [0, 0.1) is 12.8 Å². The van der Waals surface area contributed by atoms with Crippen molar-refractivity contribution in [1.29, 1.82) is 0 Å². The smallest absolute Gasteiger partial charge is 0.255 e. The molecule has 1 aromatic carbocycles. The number of piperidine rings is 1. The Morgan fingerprint density at radius 2 is 1.92 bits per heavy atom. The van der Waals surface area contributed by atoms with Crippen LogP contribution in [0.3, 0.4) is 0 Å². The zero-order chi connectivity index (χ0) is 18.7. The van der Waals surface area contributed by atoms with Crippen molar-refractivity contribution >= 4 is 23.5 Å². The molecule has 1 atom stereocenters. The molecule has 1 aromatic heterocycles. The second kappa shape index (κ2) is 8.04. The zero-order valence-corrected chi connectivity index (χ0v) is 16.3. The standard InChI is InChI=1S/C20H25ClN4O/c1-13-8-10-25(11-9-13)20-22-12-18(15(3)24-20)19(26)23-14(2)16-4-6-17(21)7-5-16/h4-7,12-14H,8-11H2,1-3H3,(H,23,26). The Morgan fingerprint density at radius 1 is 1.27 bits per heavy atom. The van der Waals surface area contributed by atoms with Crippen LogP contribution in [0.2, 0.25) is 5.02 Å². The molecule has 1 fully saturated rings. The number of carbonyl (C=O) groups is 1. The highest BCUT2D eigenvalue weighted by Gasteiger charge is 2.20. The number of carbonyl (C=O) groups excluding carboxylic acids is 1. The minimum atomic E-state index is -0.163. The number of hydrogen-bond donors (Lipinski definition) is 1. The lowest BCUT2D eigenvalue weighted by Gasteiger charge is -2.30. The maximum atomic E-state index is 12.6. The van der Waals surface area contributed by atoms with Crippen LogP contribution in [0.25, 0.3) is 0 Å². The first kappa shape index (κ1) is 18.6. The van der Waals surface area contributed by atoms with Crippen molar-refractivity contribution in [3.05, 3.63) is 52.3 Å². The molecule has 0 spiro atoms. The Labute approximate surface area is 159 Å². The maximum absolute atomic E-state index is 12.6. The summed E-state index contributed by atoms with van der Waals surface area (Å²) in [5.41, 5.74) is 2.22. The van der Waals surface area contributed by atoms with Crippen LogP contribution in [-0.2, 0) is 0 Å². The lowest BCUT2D eigenvalue weighted by Crippen LogP contribution is -2.34. The molecule has 1 aliphatic heterocycles. The third-order valence-corrected chi connectivity index (χ3v) is 5.25. The molecule has 1 saturated heterocycles. The summed E-state index contributed by atoms with van der Waals surface area (Å²) < 4.78 is 0. The van der Waals surface area contributed by atoms with Crippen LogP contribution in [0.4, 0.5) is 5.95 Å². The molecule has 6 heteroatoms. The third-order valence-electron chi connectivity index (χ3n) is 5.00. The first-order chi connectivity index (χ1) is 12.4. The lowest BCUT2D eigenvalue weighted by atomic mass is 10.00. The molecule has 0 saturated carbocycles. The molecule has 2 heterocycles. The molecule has 0 bridgehead atoms. The molecule has 5 nitrogen and oxygen atoms in total. The van der Waals surface area contributed by atoms with Crippen LogP contribution in [0.5, 0.6) is 0 Å². The summed E-state index contributed by atoms with van der Waals surface area (Å²) in [5.74, 6) is 1.31. The highest BCUT2D eigenvalue weighted by molar-refractivity contribution is 6.30. The Balaban J connectivity index is 1.68. The second-order valence-electron chi connectivity index (χ2n) is 7.09. The van der Waals surface area contributed by atoms with E-state index in [1.165, 1.54) is 0 Å². The summed E-state index contributed by atoms with van der Waals surface area (Å²) in [6.07, 6.45) is 3.95. The van der Waals surface area contributed by atoms with Gasteiger partial charge in [-0.3, -0.25) is 4.79 Å². The Hall–Kier alpha value is -2.14. The molecule has 1 unspecified atom stereocenters. The number of rotatable bonds is 4. The van der Waals surface area contributed by atoms with Crippen molar-refractivity contribution in [3.8, 4) is 0 Å². The molecule has 0 radical (unpaired) electrons. The van der Waals surface area contributed by atoms with E-state index in [9.17, 15) is 4.79 Å². The summed E-state index contributed by atoms with van der Waals surface area (Å²) in [6, 6.07) is 7.35. The number of aryl methyl sites for hydroxylation is 1. The molecule has 1 amide bonds. The van der Waals surface area contributed by atoms with Crippen LogP contribution >= 0.6 is 11.6 Å². The van der Waals surface area contributed by atoms with Gasteiger partial charge in [-0.05, 0) is 50.3 Å². The second-order valence-corrected chi connectivity index (χ2v) is 7.52. The van der Waals surface area contributed by atoms with E-state index in [0.29, 0.717) is 16.3 Å². The van der Waals surface area contributed by atoms with Gasteiger partial charge in [0.2, 0.25) is 5.95 Å². The van der Waals surface area contributed by atoms with Gasteiger partial charge < -0.3 is 10.2 Å². The largest absolute Gasteiger partial charge is 0.345 e. The fraction of sp³-hybridized carbons (Fsp3) is 0.450. The Kier molecular flexibility index (Phi) is 5.77. The molecular weight excluding hydrogens is 348 g/mol. The fourth-order valence-corrected chi connectivity index (χ4v) is 3.27. The highest BCUT2D eigenvalue weighted by Crippen LogP contribution is 2.21. The van der Waals surface area contributed by atoms with Crippen molar-refractivity contribution in [2.45, 2.75) is 39.7 Å². The topological polar surface area (TPSA) is 58.1 Å². The van der Waals surface area contributed by atoms with Crippen molar-refractivity contribution in [2.24, 2.45) is 5.92 Å². The molecule has 1 aliphatic rings. The van der Waals surface area contributed by atoms with Crippen LogP contribution in [0.15, 0.2) is 30.5 Å². The summed E-state index contributed by atoms with van der Waals surface area (Å²) in [5, 5.41) is 3.68. The SMILES string of the molecule is Cc1nc(N2CCC(C)CC2)ncc1C(=O)NC(C)c1ccc(Cl)cc1. The number of hydrogen-bond acceptors (Lipinski definition) is 4. The van der Waals surface area contributed by atoms with Gasteiger partial charge in [0.25, 0.3) is 5.91 Å². The van der Waals surface area contributed by atoms with E-state index in [1.54, 1.807) is 6.20 Å². The van der Waals surface area contributed by atoms with Gasteiger partial charge in [0.15, 0.2) is 0 Å². The van der Waals surface area contributed by atoms with Gasteiger partial charge in [0.1, 0.15) is 0 Å². The fourth-order valence-electron chi connectivity index (χ4n) is 3.15. The zero-order valence-electron chi connectivity index (χ0n) is 15.5. The van der Waals surface area contributed by atoms with Crippen molar-refractivity contribution in [2.75, 3.05) is 18.0 Å². The van der Waals surface area contributed by atoms with Crippen LogP contribution in [0.1, 0.15) is 54.3 Å². The van der Waals surface area contributed by atoms with Gasteiger partial charge in [0, 0.05) is 24.3 Å². The van der Waals surface area contributed by atoms with E-state index >= 15 is 0 Å². The van der Waals surface area contributed by atoms with Gasteiger partial charge in [0.05, 0.1) is 17.3 Å². The third kappa shape index (κ3) is 4.33. The minimum Gasteiger partial charge on any atom is -0.345 e. The number of nitrogens with zero attached hydrogens (tertiary/aromatic N) is 3. The molecule has 1 N–H and O–H groups in total. The van der Waals surface area contributed by atoms with Crippen LogP contribution in [-0.4, -0.2) is 29.0 Å². The van der Waals surface area contributed by atoms with E-state index in [0.717, 1.165) is 43.4 Å². The lowest BCUT2D eigenvalue weighted by molar-refractivity contribution is 0.0938. The van der Waals surface area contributed by atoms with Crippen molar-refractivity contribution in [1.82, 2.24) is 15.3 Å². The normalized spacial score (nSPS) is 16.4. The maximum Gasteiger partial charge on any atom is 0.255 e. The van der Waals surface area contributed by atoms with E-state index in [4.69, 9.17) is 11.6 Å². The first-order valence-electron chi connectivity index (χ1n) is 9.09. The average Bonchev–Trinajstić information content (AvgIpc) is 2.62. The average molecular weight is 373 g/mol. The molecule has 26 heavy (non-hydrogen) atoms. The van der Waals surface area contributed by atoms with Crippen molar-refractivity contribution < 1.29 is 4.79 Å². The summed E-state index contributed by atoms with van der Waals surface area (Å²) in [6.45, 7) is 8.03. The Morgan fingerprint density at radius 3 is 2.54 bits per heavy atom. The molecule has 2 aromatic rings. The number of amides is 1. The van der Waals surface area contributed by atoms with E-state index in [2.05, 4.69) is 27.1 Å². The van der Waals surface area contributed by atoms with E-state index in [1.807, 2.05) is 38.1 Å². The number of halogens is 1. The minimum absolute atomic E-state index is 0.123. The quantitative estimate of drug-likeness (QED) is 0.875. The first-order valence-corrected chi connectivity index (χ1v) is 9.46. The van der Waals surface area contributed by atoms with Gasteiger partial charge in [-0.2, -0.15) is 0 Å². The van der Waals surface area contributed by atoms with E-state index < -0.39 is 0 Å². The molecule has 3 rings (SSSR count). The number of anilines is 1. The van der Waals surface area contributed by atoms with Gasteiger partial charge >= 0.3 is 0 Å². The number of nitrogens with one attached hydrogen (secondary N) is 1. The predicted octanol–water partition coefficient (Wildman–Crippen LogP) is 4.17. The number of aromatic nitrogens is 2. The highest BCUT2D eigenvalue weighted by atomic mass is 35.5. The molecule has 0 aliphatic carbocycles. The summed E-state index contributed by atoms with van der Waals surface area (Å²) in [4.78, 5) is 23.8.